The Bertz CT molecular complexity index is 3150. The van der Waals surface area contributed by atoms with Crippen LogP contribution in [-0.4, -0.2) is 270 Å². The van der Waals surface area contributed by atoms with Gasteiger partial charge in [-0.2, -0.15) is 0 Å². The topological polar surface area (TPSA) is 233 Å². The highest BCUT2D eigenvalue weighted by Crippen LogP contribution is 2.21. The van der Waals surface area contributed by atoms with E-state index in [1.54, 1.807) is 0 Å². The van der Waals surface area contributed by atoms with Crippen LogP contribution in [0.25, 0.3) is 0 Å². The molecule has 0 saturated carbocycles. The third-order valence-electron chi connectivity index (χ3n) is 18.8. The number of hydrogen-bond donors (Lipinski definition) is 4. The molecule has 26 nitrogen and oxygen atoms in total. The lowest BCUT2D eigenvalue weighted by molar-refractivity contribution is 0.0145. The first-order valence-electron chi connectivity index (χ1n) is 38.3. The molecule has 2 saturated heterocycles. The van der Waals surface area contributed by atoms with Crippen LogP contribution in [0.15, 0.2) is 171 Å². The van der Waals surface area contributed by atoms with Crippen molar-refractivity contribution < 1.29 is 28.4 Å². The molecule has 4 aromatic heterocycles. The first-order valence-corrected chi connectivity index (χ1v) is 38.3. The summed E-state index contributed by atoms with van der Waals surface area (Å²) in [6.45, 7) is 25.9. The summed E-state index contributed by atoms with van der Waals surface area (Å²) >= 11 is 0. The van der Waals surface area contributed by atoms with Crippen LogP contribution in [0.1, 0.15) is 47.9 Å². The third-order valence-corrected chi connectivity index (χ3v) is 18.8. The minimum absolute atomic E-state index is 0.529. The molecule has 0 unspecified atom stereocenters. The zero-order valence-electron chi connectivity index (χ0n) is 62.1. The highest BCUT2D eigenvalue weighted by atomic mass is 16.5. The van der Waals surface area contributed by atoms with Crippen molar-refractivity contribution in [3.63, 3.8) is 0 Å². The lowest BCUT2D eigenvalue weighted by Crippen LogP contribution is -2.46. The molecule has 0 atom stereocenters. The molecule has 4 aromatic carbocycles. The van der Waals surface area contributed by atoms with Crippen molar-refractivity contribution in [2.45, 2.75) is 51.9 Å². The van der Waals surface area contributed by atoms with Crippen LogP contribution in [0.5, 0.6) is 0 Å². The summed E-state index contributed by atoms with van der Waals surface area (Å²) in [7, 11) is 0. The average Bonchev–Trinajstić information content (AvgIpc) is 0.867. The highest BCUT2D eigenvalue weighted by Gasteiger charge is 2.23. The van der Waals surface area contributed by atoms with Crippen molar-refractivity contribution >= 4 is 46.5 Å². The second kappa shape index (κ2) is 46.3. The van der Waals surface area contributed by atoms with Gasteiger partial charge in [0.15, 0.2) is 0 Å². The molecule has 568 valence electrons. The largest absolute Gasteiger partial charge is 0.385 e. The van der Waals surface area contributed by atoms with E-state index in [1.165, 1.54) is 22.3 Å². The monoisotopic (exact) mass is 1450 g/mol. The maximum absolute atomic E-state index is 5.98. The fraction of sp³-hybridized carbons (Fsp3) is 0.500. The summed E-state index contributed by atoms with van der Waals surface area (Å²) in [5.74, 6) is 2.99. The van der Waals surface area contributed by atoms with E-state index in [-0.39, 0.29) is 0 Å². The van der Waals surface area contributed by atoms with Gasteiger partial charge in [0.2, 0.25) is 23.8 Å². The maximum atomic E-state index is 5.98. The minimum Gasteiger partial charge on any atom is -0.385 e. The zero-order valence-corrected chi connectivity index (χ0v) is 62.1. The predicted octanol–water partition coefficient (Wildman–Crippen LogP) is 8.53. The number of aromatic nitrogens is 8. The van der Waals surface area contributed by atoms with E-state index < -0.39 is 0 Å². The Kier molecular flexibility index (Phi) is 34.2. The molecule has 8 heterocycles. The average molecular weight is 1450 g/mol. The minimum atomic E-state index is 0.529. The summed E-state index contributed by atoms with van der Waals surface area (Å²) in [6, 6.07) is 42.7. The number of rotatable bonds is 4. The Morgan fingerprint density at radius 2 is 0.425 bits per heavy atom. The van der Waals surface area contributed by atoms with E-state index in [2.05, 4.69) is 158 Å². The van der Waals surface area contributed by atoms with Crippen molar-refractivity contribution in [2.24, 2.45) is 0 Å². The molecule has 0 radical (unpaired) electrons. The maximum Gasteiger partial charge on any atom is 0.225 e. The van der Waals surface area contributed by atoms with Crippen molar-refractivity contribution in [3.8, 4) is 0 Å². The van der Waals surface area contributed by atoms with Gasteiger partial charge in [0, 0.05) is 256 Å². The van der Waals surface area contributed by atoms with E-state index in [4.69, 9.17) is 68.3 Å². The van der Waals surface area contributed by atoms with Crippen molar-refractivity contribution in [1.82, 2.24) is 59.5 Å². The van der Waals surface area contributed by atoms with Crippen LogP contribution in [-0.2, 0) is 54.6 Å². The smallest absolute Gasteiger partial charge is 0.225 e. The lowest BCUT2D eigenvalue weighted by atomic mass is 10.1. The lowest BCUT2D eigenvalue weighted by Gasteiger charge is -2.34. The molecule has 4 N–H and O–H groups in total. The fourth-order valence-electron chi connectivity index (χ4n) is 13.1. The molecule has 26 heteroatoms. The van der Waals surface area contributed by atoms with Crippen molar-refractivity contribution in [1.29, 1.82) is 0 Å². The van der Waals surface area contributed by atoms with Crippen molar-refractivity contribution in [3.05, 3.63) is 193 Å². The second-order valence-electron chi connectivity index (χ2n) is 26.8. The van der Waals surface area contributed by atoms with Gasteiger partial charge in [-0.1, -0.05) is 48.5 Å². The molecule has 4 aliphatic rings. The van der Waals surface area contributed by atoms with Gasteiger partial charge in [-0.05, 0) is 121 Å². The van der Waals surface area contributed by atoms with Crippen molar-refractivity contribution in [2.75, 3.05) is 251 Å². The number of nitrogens with zero attached hydrogens (tertiary/aromatic N) is 16. The van der Waals surface area contributed by atoms with Gasteiger partial charge >= 0.3 is 0 Å². The predicted molar refractivity (Wildman–Crippen MR) is 421 cm³/mol. The fourth-order valence-corrected chi connectivity index (χ4v) is 13.1. The summed E-state index contributed by atoms with van der Waals surface area (Å²) in [5, 5.41) is 14.6. The zero-order chi connectivity index (χ0) is 72.4. The summed E-state index contributed by atoms with van der Waals surface area (Å²) in [5.41, 5.74) is 9.37. The van der Waals surface area contributed by atoms with E-state index in [1.807, 2.05) is 73.8 Å². The summed E-state index contributed by atoms with van der Waals surface area (Å²) in [6.07, 6.45) is 18.2. The van der Waals surface area contributed by atoms with Crippen LogP contribution in [0, 0.1) is 0 Å². The van der Waals surface area contributed by atoms with E-state index in [0.29, 0.717) is 79.3 Å². The molecular formula is C80H112N20O6. The summed E-state index contributed by atoms with van der Waals surface area (Å²) in [4.78, 5) is 57.5. The van der Waals surface area contributed by atoms with Gasteiger partial charge < -0.3 is 69.3 Å². The third kappa shape index (κ3) is 28.8. The van der Waals surface area contributed by atoms with E-state index in [0.717, 1.165) is 229 Å². The molecule has 0 spiro atoms. The van der Waals surface area contributed by atoms with E-state index in [9.17, 15) is 0 Å². The Labute approximate surface area is 627 Å². The normalized spacial score (nSPS) is 21.2. The van der Waals surface area contributed by atoms with Crippen LogP contribution >= 0.6 is 0 Å². The first kappa shape index (κ1) is 78.3. The Hall–Kier alpha value is -8.80. The van der Waals surface area contributed by atoms with Gasteiger partial charge in [0.05, 0.1) is 52.9 Å². The number of nitrogens with one attached hydrogen (secondary N) is 4. The molecule has 0 amide bonds. The van der Waals surface area contributed by atoms with Gasteiger partial charge in [0.1, 0.15) is 0 Å². The quantitative estimate of drug-likeness (QED) is 0.121. The molecular weight excluding hydrogens is 1340 g/mol. The van der Waals surface area contributed by atoms with Gasteiger partial charge in [-0.3, -0.25) is 19.6 Å². The molecule has 8 aromatic rings. The van der Waals surface area contributed by atoms with Gasteiger partial charge in [-0.25, -0.2) is 39.9 Å². The standard InChI is InChI=1S/C80H112N20O6/c1-13-69-61-73(17-1)81-29-9-49-101-53-57-105-58-54-102-50-10-30-83-75-19-3-15-71(63-75)67-95-37-45-99(79-89-25-7-26-90-79)47-39-96(40-48-100(46-38-95)80-91-27-8-28-92-80)68-72-16-4-20-76(64-72)84-32-12-52-104-56-60-106-59-55-103-51-11-31-82-74-18-2-14-70(62-74)66-94-35-43-97(77-85-21-5-22-86-77)41-33-93(65-69)34-42-98(44-36-94)78-87-23-6-24-88-78/h1-8,13-28,61-64,81-84H,9-12,29-60,65-68H2. The number of hydrogen-bond acceptors (Lipinski definition) is 26. The number of benzene rings is 4. The molecule has 12 bridgehead atoms. The van der Waals surface area contributed by atoms with E-state index >= 15 is 0 Å². The Morgan fingerprint density at radius 3 is 0.632 bits per heavy atom. The second-order valence-corrected chi connectivity index (χ2v) is 26.8. The van der Waals surface area contributed by atoms with Crippen LogP contribution in [0.4, 0.5) is 46.5 Å². The van der Waals surface area contributed by atoms with Crippen LogP contribution in [0.2, 0.25) is 0 Å². The molecule has 12 rings (SSSR count). The van der Waals surface area contributed by atoms with Crippen LogP contribution in [0.3, 0.4) is 0 Å². The first-order chi connectivity index (χ1) is 52.6. The summed E-state index contributed by atoms with van der Waals surface area (Å²) < 4.78 is 35.7. The Balaban J connectivity index is 0.685. The molecule has 0 aliphatic carbocycles. The number of ether oxygens (including phenoxy) is 6. The van der Waals surface area contributed by atoms with Gasteiger partial charge in [-0.15, -0.1) is 0 Å². The van der Waals surface area contributed by atoms with Crippen LogP contribution < -0.4 is 40.9 Å². The molecule has 106 heavy (non-hydrogen) atoms. The Morgan fingerprint density at radius 1 is 0.226 bits per heavy atom. The van der Waals surface area contributed by atoms with Gasteiger partial charge in [0.25, 0.3) is 0 Å². The molecule has 4 aliphatic heterocycles. The number of fused-ring (bicyclic) bond motifs is 36. The SMILES string of the molecule is c1cnc(N2CCN3CCN(c4ncccn4)CCN(CC2)Cc2cccc(c2)NCCCOCCOCCOCCCNc2cccc(c2)CN2CCN(c4ncccn4)CCN(CCN(c4ncccn4)CC2)Cc2cccc(c2)NCCCOCCOCCOCCCNc2cccc(c2)C3)nc1. The highest BCUT2D eigenvalue weighted by molar-refractivity contribution is 5.49. The molecule has 2 fully saturated rings. The number of anilines is 8.